The molecule has 1 fully saturated rings. The van der Waals surface area contributed by atoms with Gasteiger partial charge < -0.3 is 14.6 Å². The summed E-state index contributed by atoms with van der Waals surface area (Å²) >= 11 is 0. The lowest BCUT2D eigenvalue weighted by atomic mass is 9.91. The molecule has 2 unspecified atom stereocenters. The molecule has 1 aliphatic heterocycles. The lowest BCUT2D eigenvalue weighted by molar-refractivity contribution is 0.141. The van der Waals surface area contributed by atoms with Gasteiger partial charge in [0.1, 0.15) is 17.1 Å². The van der Waals surface area contributed by atoms with Crippen LogP contribution >= 0.6 is 0 Å². The molecule has 16 heteroatoms. The minimum Gasteiger partial charge on any atom is -0.493 e. The van der Waals surface area contributed by atoms with Gasteiger partial charge in [0, 0.05) is 33.2 Å². The Morgan fingerprint density at radius 1 is 0.962 bits per heavy atom. The highest BCUT2D eigenvalue weighted by atomic mass is 32.3. The fourth-order valence-electron chi connectivity index (χ4n) is 6.46. The summed E-state index contributed by atoms with van der Waals surface area (Å²) in [5, 5.41) is 4.45. The van der Waals surface area contributed by atoms with Crippen LogP contribution in [-0.4, -0.2) is 96.3 Å². The van der Waals surface area contributed by atoms with Gasteiger partial charge in [0.2, 0.25) is 10.0 Å². The van der Waals surface area contributed by atoms with Crippen molar-refractivity contribution in [2.24, 2.45) is 18.9 Å². The number of aromatic nitrogens is 4. The largest absolute Gasteiger partial charge is 0.493 e. The average Bonchev–Trinajstić information content (AvgIpc) is 3.39. The number of likely N-dealkylation sites (N-methyl/N-ethyl adjacent to an activating group) is 1. The molecule has 1 saturated heterocycles. The first-order valence-electron chi connectivity index (χ1n) is 18.6. The predicted octanol–water partition coefficient (Wildman–Crippen LogP) is 5.83. The summed E-state index contributed by atoms with van der Waals surface area (Å²) in [4.78, 5) is 22.7. The SMILES string of the molecule is CCCCC(CC)CCC(CC(C)C)OS(=O)(=O)O.CCCc1nn(C)c2c(=O)[nH]c(-c3cc(S(=O)(=O)N4CCN(C)CC4)ccc3OCC)nc12. The average molecular weight is 769 g/mol. The number of nitrogens with zero attached hydrogens (tertiary/aromatic N) is 5. The van der Waals surface area contributed by atoms with E-state index in [0.29, 0.717) is 86.2 Å². The maximum absolute atomic E-state index is 13.3. The van der Waals surface area contributed by atoms with Crippen LogP contribution in [-0.2, 0) is 38.1 Å². The van der Waals surface area contributed by atoms with Crippen LogP contribution in [0.5, 0.6) is 5.75 Å². The molecule has 2 atom stereocenters. The molecule has 3 aromatic rings. The van der Waals surface area contributed by atoms with Gasteiger partial charge in [-0.1, -0.05) is 66.7 Å². The molecule has 0 spiro atoms. The molecule has 0 aliphatic carbocycles. The predicted molar refractivity (Wildman–Crippen MR) is 204 cm³/mol. The van der Waals surface area contributed by atoms with Crippen LogP contribution in [0.15, 0.2) is 27.9 Å². The van der Waals surface area contributed by atoms with Gasteiger partial charge in [-0.15, -0.1) is 0 Å². The standard InChI is InChI=1S/C22H30N6O4S.C14H30O4S/c1-5-7-17-19-20(27(4)25-17)22(29)24-21(23-19)16-14-15(8-9-18(16)32-6-2)33(30,31)28-12-10-26(3)11-13-28;1-5-7-8-13(6-2)9-10-14(11-12(3)4)18-19(15,16)17/h8-9,14H,5-7,10-13H2,1-4H3,(H,23,24,29);12-14H,5-11H2,1-4H3,(H,15,16,17). The van der Waals surface area contributed by atoms with Crippen molar-refractivity contribution in [1.82, 2.24) is 29.0 Å². The van der Waals surface area contributed by atoms with Gasteiger partial charge in [0.25, 0.3) is 5.56 Å². The van der Waals surface area contributed by atoms with E-state index in [2.05, 4.69) is 28.8 Å². The highest BCUT2D eigenvalue weighted by Gasteiger charge is 2.29. The first-order chi connectivity index (χ1) is 24.5. The molecule has 294 valence electrons. The molecule has 3 heterocycles. The minimum atomic E-state index is -4.34. The summed E-state index contributed by atoms with van der Waals surface area (Å²) in [7, 11) is -4.35. The number of hydrogen-bond donors (Lipinski definition) is 2. The smallest absolute Gasteiger partial charge is 0.397 e. The van der Waals surface area contributed by atoms with Gasteiger partial charge in [-0.05, 0) is 69.7 Å². The number of hydrogen-bond acceptors (Lipinski definition) is 10. The van der Waals surface area contributed by atoms with E-state index < -0.39 is 26.5 Å². The molecule has 52 heavy (non-hydrogen) atoms. The Hall–Kier alpha value is -2.89. The summed E-state index contributed by atoms with van der Waals surface area (Å²) in [5.74, 6) is 1.69. The minimum absolute atomic E-state index is 0.147. The quantitative estimate of drug-likeness (QED) is 0.149. The fourth-order valence-corrected chi connectivity index (χ4v) is 8.43. The molecule has 1 aromatic carbocycles. The molecule has 4 rings (SSSR count). The van der Waals surface area contributed by atoms with Crippen LogP contribution in [0.1, 0.15) is 98.6 Å². The third-order valence-electron chi connectivity index (χ3n) is 9.29. The number of sulfonamides is 1. The normalized spacial score (nSPS) is 15.8. The molecule has 0 saturated carbocycles. The summed E-state index contributed by atoms with van der Waals surface area (Å²) < 4.78 is 70.7. The Bertz CT molecular complexity index is 1850. The van der Waals surface area contributed by atoms with Crippen LogP contribution in [0, 0.1) is 11.8 Å². The third kappa shape index (κ3) is 12.3. The van der Waals surface area contributed by atoms with E-state index in [1.54, 1.807) is 25.2 Å². The third-order valence-corrected chi connectivity index (χ3v) is 11.7. The molecule has 2 N–H and O–H groups in total. The van der Waals surface area contributed by atoms with E-state index in [-0.39, 0.29) is 16.3 Å². The Morgan fingerprint density at radius 3 is 2.23 bits per heavy atom. The molecule has 14 nitrogen and oxygen atoms in total. The zero-order valence-corrected chi connectivity index (χ0v) is 33.9. The topological polar surface area (TPSA) is 177 Å². The zero-order valence-electron chi connectivity index (χ0n) is 32.2. The van der Waals surface area contributed by atoms with Crippen molar-refractivity contribution in [3.8, 4) is 17.1 Å². The summed E-state index contributed by atoms with van der Waals surface area (Å²) in [6.07, 6.45) is 8.16. The molecule has 0 bridgehead atoms. The Kier molecular flexibility index (Phi) is 16.7. The van der Waals surface area contributed by atoms with E-state index in [1.807, 2.05) is 34.7 Å². The summed E-state index contributed by atoms with van der Waals surface area (Å²) in [6.45, 7) is 14.9. The lowest BCUT2D eigenvalue weighted by Gasteiger charge is -2.31. The Morgan fingerprint density at radius 2 is 1.65 bits per heavy atom. The lowest BCUT2D eigenvalue weighted by Crippen LogP contribution is -2.47. The molecule has 1 aliphatic rings. The van der Waals surface area contributed by atoms with Crippen molar-refractivity contribution in [3.05, 3.63) is 34.2 Å². The second-order valence-electron chi connectivity index (χ2n) is 14.0. The number of nitrogens with one attached hydrogen (secondary N) is 1. The fraction of sp³-hybridized carbons (Fsp3) is 0.694. The number of aromatic amines is 1. The summed E-state index contributed by atoms with van der Waals surface area (Å²) in [6, 6.07) is 4.71. The number of fused-ring (bicyclic) bond motifs is 1. The first kappa shape index (κ1) is 43.5. The number of aryl methyl sites for hydroxylation is 2. The Labute approximate surface area is 310 Å². The van der Waals surface area contributed by atoms with Gasteiger partial charge >= 0.3 is 10.4 Å². The number of H-pyrrole nitrogens is 1. The van der Waals surface area contributed by atoms with Crippen LogP contribution in [0.2, 0.25) is 0 Å². The number of benzene rings is 1. The van der Waals surface area contributed by atoms with Crippen LogP contribution in [0.4, 0.5) is 0 Å². The van der Waals surface area contributed by atoms with Crippen molar-refractivity contribution < 1.29 is 30.3 Å². The van der Waals surface area contributed by atoms with Gasteiger partial charge in [-0.25, -0.2) is 17.6 Å². The van der Waals surface area contributed by atoms with Crippen LogP contribution in [0.25, 0.3) is 22.4 Å². The van der Waals surface area contributed by atoms with Crippen molar-refractivity contribution in [1.29, 1.82) is 0 Å². The molecule has 2 aromatic heterocycles. The maximum Gasteiger partial charge on any atom is 0.397 e. The van der Waals surface area contributed by atoms with E-state index in [9.17, 15) is 21.6 Å². The number of ether oxygens (including phenoxy) is 1. The molecule has 0 amide bonds. The molecular formula is C36H60N6O8S2. The van der Waals surface area contributed by atoms with Crippen molar-refractivity contribution >= 4 is 31.5 Å². The van der Waals surface area contributed by atoms with Crippen LogP contribution < -0.4 is 10.3 Å². The number of unbranched alkanes of at least 4 members (excludes halogenated alkanes) is 1. The second kappa shape index (κ2) is 20.0. The van der Waals surface area contributed by atoms with Gasteiger partial charge in [0.05, 0.1) is 28.9 Å². The van der Waals surface area contributed by atoms with Crippen molar-refractivity contribution in [2.45, 2.75) is 110 Å². The monoisotopic (exact) mass is 768 g/mol. The van der Waals surface area contributed by atoms with E-state index in [1.165, 1.54) is 28.2 Å². The van der Waals surface area contributed by atoms with Crippen molar-refractivity contribution in [2.75, 3.05) is 39.8 Å². The van der Waals surface area contributed by atoms with Gasteiger partial charge in [-0.3, -0.25) is 14.0 Å². The highest BCUT2D eigenvalue weighted by Crippen LogP contribution is 2.32. The Balaban J connectivity index is 0.000000329. The summed E-state index contributed by atoms with van der Waals surface area (Å²) in [5.41, 5.74) is 1.75. The highest BCUT2D eigenvalue weighted by molar-refractivity contribution is 7.89. The van der Waals surface area contributed by atoms with Gasteiger partial charge in [0.15, 0.2) is 5.52 Å². The molecule has 0 radical (unpaired) electrons. The molecular weight excluding hydrogens is 709 g/mol. The van der Waals surface area contributed by atoms with E-state index in [0.717, 1.165) is 25.0 Å². The first-order valence-corrected chi connectivity index (χ1v) is 21.4. The number of rotatable bonds is 18. The van der Waals surface area contributed by atoms with Crippen LogP contribution in [0.3, 0.4) is 0 Å². The second-order valence-corrected chi connectivity index (χ2v) is 17.0. The van der Waals surface area contributed by atoms with E-state index >= 15 is 0 Å². The van der Waals surface area contributed by atoms with Crippen molar-refractivity contribution in [3.63, 3.8) is 0 Å². The van der Waals surface area contributed by atoms with E-state index in [4.69, 9.17) is 18.5 Å². The number of piperazine rings is 1. The zero-order chi connectivity index (χ0) is 38.6. The maximum atomic E-state index is 13.3. The van der Waals surface area contributed by atoms with Gasteiger partial charge in [-0.2, -0.15) is 17.8 Å².